The number of methoxy groups -OCH3 is 1. The fourth-order valence-electron chi connectivity index (χ4n) is 3.29. The molecule has 0 radical (unpaired) electrons. The molecule has 1 aliphatic heterocycles. The van der Waals surface area contributed by atoms with Crippen LogP contribution in [0.1, 0.15) is 34.1 Å². The number of thiazole rings is 1. The Balaban J connectivity index is 1.53. The predicted molar refractivity (Wildman–Crippen MR) is 126 cm³/mol. The topological polar surface area (TPSA) is 90.0 Å². The van der Waals surface area contributed by atoms with Crippen molar-refractivity contribution in [3.63, 3.8) is 0 Å². The van der Waals surface area contributed by atoms with Crippen LogP contribution in [-0.2, 0) is 4.74 Å². The first-order valence-electron chi connectivity index (χ1n) is 10.6. The first kappa shape index (κ1) is 22.8. The van der Waals surface area contributed by atoms with Gasteiger partial charge < -0.3 is 19.1 Å². The molecule has 0 saturated carbocycles. The molecule has 1 atom stereocenters. The molecule has 3 aromatic rings. The van der Waals surface area contributed by atoms with Gasteiger partial charge in [-0.15, -0.1) is 11.3 Å². The van der Waals surface area contributed by atoms with Gasteiger partial charge in [-0.25, -0.2) is 4.98 Å². The number of nitrogens with one attached hydrogen (secondary N) is 1. The molecular weight excluding hydrogens is 442 g/mol. The molecule has 1 saturated heterocycles. The highest BCUT2D eigenvalue weighted by atomic mass is 32.1. The van der Waals surface area contributed by atoms with Gasteiger partial charge in [-0.2, -0.15) is 0 Å². The number of nitrogens with zero attached hydrogens (tertiary/aromatic N) is 2. The van der Waals surface area contributed by atoms with Crippen molar-refractivity contribution in [1.82, 2.24) is 9.88 Å². The molecule has 1 fully saturated rings. The van der Waals surface area contributed by atoms with Gasteiger partial charge in [0, 0.05) is 49.0 Å². The number of amides is 2. The van der Waals surface area contributed by atoms with Crippen LogP contribution >= 0.6 is 11.3 Å². The van der Waals surface area contributed by atoms with Crippen molar-refractivity contribution in [2.45, 2.75) is 19.4 Å². The molecule has 0 bridgehead atoms. The summed E-state index contributed by atoms with van der Waals surface area (Å²) in [5.41, 5.74) is 0.989. The van der Waals surface area contributed by atoms with E-state index >= 15 is 0 Å². The Labute approximate surface area is 196 Å². The van der Waals surface area contributed by atoms with Crippen molar-refractivity contribution in [3.05, 3.63) is 65.2 Å². The average Bonchev–Trinajstić information content (AvgIpc) is 3.26. The molecule has 9 heteroatoms. The Morgan fingerprint density at radius 1 is 1.09 bits per heavy atom. The second-order valence-corrected chi connectivity index (χ2v) is 8.54. The Bertz CT molecular complexity index is 1100. The van der Waals surface area contributed by atoms with Gasteiger partial charge in [0.2, 0.25) is 0 Å². The number of aromatic nitrogens is 1. The molecule has 0 aliphatic carbocycles. The first-order valence-corrected chi connectivity index (χ1v) is 11.5. The number of rotatable bonds is 9. The highest BCUT2D eigenvalue weighted by Crippen LogP contribution is 2.29. The maximum Gasteiger partial charge on any atom is 0.257 e. The molecule has 1 unspecified atom stereocenters. The number of carbonyl (C=O) groups excluding carboxylic acids is 2. The monoisotopic (exact) mass is 467 g/mol. The molecule has 1 N–H and O–H groups in total. The minimum atomic E-state index is -0.324. The van der Waals surface area contributed by atoms with Crippen LogP contribution in [0.25, 0.3) is 0 Å². The van der Waals surface area contributed by atoms with Gasteiger partial charge in [0.1, 0.15) is 23.4 Å². The molecule has 8 nitrogen and oxygen atoms in total. The molecule has 2 aromatic carbocycles. The number of benzene rings is 2. The van der Waals surface area contributed by atoms with E-state index in [1.807, 2.05) is 11.8 Å². The summed E-state index contributed by atoms with van der Waals surface area (Å²) in [5, 5.41) is 5.05. The Morgan fingerprint density at radius 2 is 1.85 bits per heavy atom. The van der Waals surface area contributed by atoms with Crippen LogP contribution in [0.15, 0.2) is 54.0 Å². The lowest BCUT2D eigenvalue weighted by Crippen LogP contribution is -2.41. The summed E-state index contributed by atoms with van der Waals surface area (Å²) < 4.78 is 17.0. The van der Waals surface area contributed by atoms with Crippen molar-refractivity contribution in [1.29, 1.82) is 0 Å². The Morgan fingerprint density at radius 3 is 2.48 bits per heavy atom. The molecule has 2 amide bonds. The zero-order chi connectivity index (χ0) is 23.2. The average molecular weight is 468 g/mol. The van der Waals surface area contributed by atoms with Crippen molar-refractivity contribution in [3.8, 4) is 17.2 Å². The summed E-state index contributed by atoms with van der Waals surface area (Å²) in [4.78, 5) is 31.0. The van der Waals surface area contributed by atoms with Gasteiger partial charge in [-0.3, -0.25) is 14.9 Å². The fourth-order valence-corrected chi connectivity index (χ4v) is 3.81. The predicted octanol–water partition coefficient (Wildman–Crippen LogP) is 4.45. The van der Waals surface area contributed by atoms with Gasteiger partial charge in [-0.1, -0.05) is 0 Å². The third-order valence-corrected chi connectivity index (χ3v) is 5.70. The normalized spacial score (nSPS) is 13.7. The van der Waals surface area contributed by atoms with Gasteiger partial charge in [-0.05, 0) is 49.7 Å². The van der Waals surface area contributed by atoms with E-state index in [1.54, 1.807) is 61.2 Å². The van der Waals surface area contributed by atoms with E-state index in [0.717, 1.165) is 19.5 Å². The van der Waals surface area contributed by atoms with Crippen LogP contribution in [0.2, 0.25) is 0 Å². The minimum absolute atomic E-state index is 0.0245. The SMILES string of the molecule is COCC(C)Oc1cc(Oc2ccc(C(=O)N3CCC3)cc2)cc(C(=O)Nc2nccs2)c1. The van der Waals surface area contributed by atoms with E-state index in [9.17, 15) is 9.59 Å². The standard InChI is InChI=1S/C24H25N3O5S/c1-16(15-30-2)31-20-12-18(22(28)26-24-25-8-11-33-24)13-21(14-20)32-19-6-4-17(5-7-19)23(29)27-9-3-10-27/h4-8,11-14,16H,3,9-10,15H2,1-2H3,(H,25,26,28). The lowest BCUT2D eigenvalue weighted by Gasteiger charge is -2.30. The second kappa shape index (κ2) is 10.5. The molecule has 33 heavy (non-hydrogen) atoms. The smallest absolute Gasteiger partial charge is 0.257 e. The van der Waals surface area contributed by atoms with Crippen molar-refractivity contribution in [2.24, 2.45) is 0 Å². The molecular formula is C24H25N3O5S. The number of anilines is 1. The van der Waals surface area contributed by atoms with E-state index in [1.165, 1.54) is 11.3 Å². The highest BCUT2D eigenvalue weighted by molar-refractivity contribution is 7.13. The van der Waals surface area contributed by atoms with Gasteiger partial charge in [0.05, 0.1) is 6.61 Å². The molecule has 1 aromatic heterocycles. The van der Waals surface area contributed by atoms with Crippen LogP contribution in [0.5, 0.6) is 17.2 Å². The zero-order valence-electron chi connectivity index (χ0n) is 18.4. The van der Waals surface area contributed by atoms with Crippen LogP contribution in [0.4, 0.5) is 5.13 Å². The number of ether oxygens (including phenoxy) is 3. The minimum Gasteiger partial charge on any atom is -0.488 e. The third-order valence-electron chi connectivity index (χ3n) is 5.01. The molecule has 1 aliphatic rings. The van der Waals surface area contributed by atoms with Gasteiger partial charge >= 0.3 is 0 Å². The number of likely N-dealkylation sites (tertiary alicyclic amines) is 1. The quantitative estimate of drug-likeness (QED) is 0.500. The van der Waals surface area contributed by atoms with E-state index < -0.39 is 0 Å². The maximum atomic E-state index is 12.8. The maximum absolute atomic E-state index is 12.8. The highest BCUT2D eigenvalue weighted by Gasteiger charge is 2.21. The lowest BCUT2D eigenvalue weighted by molar-refractivity contribution is 0.0651. The van der Waals surface area contributed by atoms with Crippen molar-refractivity contribution >= 4 is 28.3 Å². The molecule has 4 rings (SSSR count). The molecule has 2 heterocycles. The van der Waals surface area contributed by atoms with Gasteiger partial charge in [0.15, 0.2) is 5.13 Å². The third kappa shape index (κ3) is 5.88. The summed E-state index contributed by atoms with van der Waals surface area (Å²) in [6.07, 6.45) is 2.45. The van der Waals surface area contributed by atoms with Crippen LogP contribution in [-0.4, -0.2) is 54.6 Å². The van der Waals surface area contributed by atoms with E-state index in [2.05, 4.69) is 10.3 Å². The summed E-state index contributed by atoms with van der Waals surface area (Å²) in [7, 11) is 1.60. The number of hydrogen-bond acceptors (Lipinski definition) is 7. The van der Waals surface area contributed by atoms with Crippen molar-refractivity contribution in [2.75, 3.05) is 32.1 Å². The first-order chi connectivity index (χ1) is 16.0. The fraction of sp³-hybridized carbons (Fsp3) is 0.292. The summed E-state index contributed by atoms with van der Waals surface area (Å²) in [5.74, 6) is 1.16. The van der Waals surface area contributed by atoms with Crippen molar-refractivity contribution < 1.29 is 23.8 Å². The summed E-state index contributed by atoms with van der Waals surface area (Å²) in [6, 6.07) is 12.0. The summed E-state index contributed by atoms with van der Waals surface area (Å²) in [6.45, 7) is 3.88. The van der Waals surface area contributed by atoms with Crippen LogP contribution < -0.4 is 14.8 Å². The summed E-state index contributed by atoms with van der Waals surface area (Å²) >= 11 is 1.33. The van der Waals surface area contributed by atoms with E-state index in [-0.39, 0.29) is 17.9 Å². The van der Waals surface area contributed by atoms with E-state index in [4.69, 9.17) is 14.2 Å². The van der Waals surface area contributed by atoms with Gasteiger partial charge in [0.25, 0.3) is 11.8 Å². The Kier molecular flexibility index (Phi) is 7.21. The van der Waals surface area contributed by atoms with E-state index in [0.29, 0.717) is 40.1 Å². The largest absolute Gasteiger partial charge is 0.488 e. The number of hydrogen-bond donors (Lipinski definition) is 1. The second-order valence-electron chi connectivity index (χ2n) is 7.64. The molecule has 0 spiro atoms. The van der Waals surface area contributed by atoms with Crippen LogP contribution in [0.3, 0.4) is 0 Å². The Hall–Kier alpha value is -3.43. The lowest BCUT2D eigenvalue weighted by atomic mass is 10.1. The van der Waals surface area contributed by atoms with Crippen LogP contribution in [0, 0.1) is 0 Å². The molecule has 172 valence electrons. The zero-order valence-corrected chi connectivity index (χ0v) is 19.3. The number of carbonyl (C=O) groups is 2.